The minimum Gasteiger partial charge on any atom is -0.454 e. The van der Waals surface area contributed by atoms with Crippen molar-refractivity contribution in [3.63, 3.8) is 0 Å². The van der Waals surface area contributed by atoms with Gasteiger partial charge in [-0.25, -0.2) is 4.39 Å². The fraction of sp³-hybridized carbons (Fsp3) is 0.250. The normalized spacial score (nSPS) is 16.1. The lowest BCUT2D eigenvalue weighted by Crippen LogP contribution is -2.29. The molecule has 0 fully saturated rings. The van der Waals surface area contributed by atoms with Crippen LogP contribution in [0.25, 0.3) is 0 Å². The number of amides is 2. The maximum absolute atomic E-state index is 13.8. The van der Waals surface area contributed by atoms with Crippen LogP contribution in [0.2, 0.25) is 0 Å². The lowest BCUT2D eigenvalue weighted by Gasteiger charge is -2.19. The zero-order chi connectivity index (χ0) is 26.1. The molecule has 3 aromatic carbocycles. The molecule has 2 heterocycles. The van der Waals surface area contributed by atoms with Crippen LogP contribution in [0.1, 0.15) is 23.5 Å². The fourth-order valence-corrected chi connectivity index (χ4v) is 4.38. The van der Waals surface area contributed by atoms with Gasteiger partial charge in [0.15, 0.2) is 11.5 Å². The van der Waals surface area contributed by atoms with Crippen LogP contribution in [0.3, 0.4) is 0 Å². The van der Waals surface area contributed by atoms with Gasteiger partial charge in [-0.1, -0.05) is 6.07 Å². The lowest BCUT2D eigenvalue weighted by atomic mass is 9.90. The molecule has 2 amide bonds. The molecule has 0 bridgehead atoms. The molecule has 0 saturated heterocycles. The molecular formula is C28H27FN4O4. The topological polar surface area (TPSA) is 83.5 Å². The molecule has 9 heteroatoms. The first-order valence-electron chi connectivity index (χ1n) is 11.9. The van der Waals surface area contributed by atoms with Crippen molar-refractivity contribution < 1.29 is 23.5 Å². The highest BCUT2D eigenvalue weighted by Crippen LogP contribution is 2.39. The third kappa shape index (κ3) is 5.03. The summed E-state index contributed by atoms with van der Waals surface area (Å²) in [5.74, 6) is -0.270. The minimum absolute atomic E-state index is 0.0115. The van der Waals surface area contributed by atoms with E-state index in [-0.39, 0.29) is 18.6 Å². The Morgan fingerprint density at radius 3 is 2.54 bits per heavy atom. The van der Waals surface area contributed by atoms with Crippen molar-refractivity contribution >= 4 is 34.6 Å². The van der Waals surface area contributed by atoms with E-state index in [0.29, 0.717) is 52.7 Å². The van der Waals surface area contributed by atoms with Gasteiger partial charge in [0.2, 0.25) is 18.6 Å². The van der Waals surface area contributed by atoms with Crippen LogP contribution in [-0.2, 0) is 9.59 Å². The van der Waals surface area contributed by atoms with Gasteiger partial charge < -0.3 is 24.6 Å². The van der Waals surface area contributed by atoms with Crippen molar-refractivity contribution in [1.82, 2.24) is 4.90 Å². The number of hydrogen-bond donors (Lipinski definition) is 1. The van der Waals surface area contributed by atoms with Crippen LogP contribution in [0.15, 0.2) is 65.7 Å². The third-order valence-corrected chi connectivity index (χ3v) is 6.42. The van der Waals surface area contributed by atoms with Gasteiger partial charge in [-0.15, -0.1) is 0 Å². The number of hydrogen-bond acceptors (Lipinski definition) is 6. The molecule has 1 atom stereocenters. The first-order valence-corrected chi connectivity index (χ1v) is 11.9. The lowest BCUT2D eigenvalue weighted by molar-refractivity contribution is -0.118. The molecule has 1 unspecified atom stereocenters. The van der Waals surface area contributed by atoms with Crippen molar-refractivity contribution in [2.75, 3.05) is 44.7 Å². The molecule has 0 saturated carbocycles. The van der Waals surface area contributed by atoms with Gasteiger partial charge in [-0.3, -0.25) is 14.6 Å². The molecule has 37 heavy (non-hydrogen) atoms. The second-order valence-electron chi connectivity index (χ2n) is 9.24. The maximum atomic E-state index is 13.8. The van der Waals surface area contributed by atoms with Gasteiger partial charge in [-0.05, 0) is 74.3 Å². The molecule has 0 spiro atoms. The number of rotatable bonds is 7. The number of aliphatic imine (C=N–C) groups is 1. The van der Waals surface area contributed by atoms with E-state index in [9.17, 15) is 14.0 Å². The van der Waals surface area contributed by atoms with E-state index in [4.69, 9.17) is 14.5 Å². The van der Waals surface area contributed by atoms with Crippen LogP contribution in [0.4, 0.5) is 21.5 Å². The molecule has 5 rings (SSSR count). The molecule has 0 radical (unpaired) electrons. The molecule has 1 N–H and O–H groups in total. The summed E-state index contributed by atoms with van der Waals surface area (Å²) in [6.07, 6.45) is 0.411. The van der Waals surface area contributed by atoms with Gasteiger partial charge in [0.05, 0.1) is 11.4 Å². The Balaban J connectivity index is 1.51. The summed E-state index contributed by atoms with van der Waals surface area (Å²) in [4.78, 5) is 34.1. The summed E-state index contributed by atoms with van der Waals surface area (Å²) in [5, 5.41) is 2.77. The number of carbonyl (C=O) groups is 2. The largest absolute Gasteiger partial charge is 0.454 e. The fourth-order valence-electron chi connectivity index (χ4n) is 4.38. The minimum atomic E-state index is -0.745. The number of nitrogens with zero attached hydrogens (tertiary/aromatic N) is 3. The van der Waals surface area contributed by atoms with Gasteiger partial charge in [0.1, 0.15) is 11.7 Å². The smallest absolute Gasteiger partial charge is 0.238 e. The monoisotopic (exact) mass is 502 g/mol. The Kier molecular flexibility index (Phi) is 6.62. The summed E-state index contributed by atoms with van der Waals surface area (Å²) in [5.41, 5.74) is 3.59. The van der Waals surface area contributed by atoms with Gasteiger partial charge >= 0.3 is 0 Å². The Morgan fingerprint density at radius 1 is 1.03 bits per heavy atom. The molecule has 2 aliphatic rings. The Hall–Kier alpha value is -4.24. The second-order valence-corrected chi connectivity index (χ2v) is 9.24. The number of nitrogens with one attached hydrogen (secondary N) is 1. The summed E-state index contributed by atoms with van der Waals surface area (Å²) >= 11 is 0. The van der Waals surface area contributed by atoms with Crippen LogP contribution < -0.4 is 19.7 Å². The van der Waals surface area contributed by atoms with Crippen molar-refractivity contribution in [3.8, 4) is 11.5 Å². The highest BCUT2D eigenvalue weighted by atomic mass is 19.1. The van der Waals surface area contributed by atoms with Crippen LogP contribution in [0.5, 0.6) is 11.5 Å². The SMILES string of the molecule is CN(C)CCC(=O)N(C)c1ccc(N=C(c2ccc3c(c2)OCO3)C2C(=O)Nc3cc(F)ccc32)cc1. The molecule has 0 aromatic heterocycles. The highest BCUT2D eigenvalue weighted by molar-refractivity contribution is 6.24. The van der Waals surface area contributed by atoms with Crippen LogP contribution in [0, 0.1) is 5.82 Å². The second kappa shape index (κ2) is 10.0. The van der Waals surface area contributed by atoms with E-state index in [1.54, 1.807) is 42.3 Å². The van der Waals surface area contributed by atoms with Crippen molar-refractivity contribution in [2.45, 2.75) is 12.3 Å². The number of fused-ring (bicyclic) bond motifs is 2. The van der Waals surface area contributed by atoms with E-state index in [1.165, 1.54) is 12.1 Å². The Morgan fingerprint density at radius 2 is 1.78 bits per heavy atom. The standard InChI is InChI=1S/C28H27FN4O4/c1-32(2)13-12-25(34)33(3)20-8-6-19(7-9-20)30-27(17-4-11-23-24(14-17)37-16-36-23)26-21-10-5-18(29)15-22(21)31-28(26)35/h4-11,14-15,26H,12-13,16H2,1-3H3,(H,31,35). The molecule has 190 valence electrons. The van der Waals surface area contributed by atoms with Gasteiger partial charge in [-0.2, -0.15) is 0 Å². The molecular weight excluding hydrogens is 475 g/mol. The molecule has 2 aliphatic heterocycles. The predicted octanol–water partition coefficient (Wildman–Crippen LogP) is 4.33. The quantitative estimate of drug-likeness (QED) is 0.487. The van der Waals surface area contributed by atoms with Crippen LogP contribution in [-0.4, -0.2) is 56.9 Å². The zero-order valence-corrected chi connectivity index (χ0v) is 20.8. The van der Waals surface area contributed by atoms with E-state index in [2.05, 4.69) is 5.32 Å². The number of anilines is 2. The van der Waals surface area contributed by atoms with Crippen molar-refractivity contribution in [2.24, 2.45) is 4.99 Å². The van der Waals surface area contributed by atoms with E-state index < -0.39 is 11.7 Å². The number of halogens is 1. The number of carbonyl (C=O) groups excluding carboxylic acids is 2. The molecule has 3 aromatic rings. The van der Waals surface area contributed by atoms with Gasteiger partial charge in [0.25, 0.3) is 0 Å². The first-order chi connectivity index (χ1) is 17.8. The highest BCUT2D eigenvalue weighted by Gasteiger charge is 2.36. The third-order valence-electron chi connectivity index (χ3n) is 6.42. The Bertz CT molecular complexity index is 1390. The Labute approximate surface area is 214 Å². The number of ether oxygens (including phenoxy) is 2. The van der Waals surface area contributed by atoms with Crippen molar-refractivity contribution in [1.29, 1.82) is 0 Å². The first kappa shape index (κ1) is 24.5. The average Bonchev–Trinajstić information content (AvgIpc) is 3.48. The van der Waals surface area contributed by atoms with E-state index in [0.717, 1.165) is 5.69 Å². The van der Waals surface area contributed by atoms with Gasteiger partial charge in [0, 0.05) is 37.0 Å². The summed E-state index contributed by atoms with van der Waals surface area (Å²) in [6, 6.07) is 16.9. The summed E-state index contributed by atoms with van der Waals surface area (Å²) in [7, 11) is 5.60. The molecule has 8 nitrogen and oxygen atoms in total. The number of benzene rings is 3. The summed E-state index contributed by atoms with van der Waals surface area (Å²) < 4.78 is 24.8. The molecule has 0 aliphatic carbocycles. The van der Waals surface area contributed by atoms with E-state index in [1.807, 2.05) is 37.2 Å². The van der Waals surface area contributed by atoms with Crippen LogP contribution >= 0.6 is 0 Å². The summed E-state index contributed by atoms with van der Waals surface area (Å²) in [6.45, 7) is 0.790. The zero-order valence-electron chi connectivity index (χ0n) is 20.8. The van der Waals surface area contributed by atoms with E-state index >= 15 is 0 Å². The van der Waals surface area contributed by atoms with Crippen molar-refractivity contribution in [3.05, 3.63) is 77.6 Å². The average molecular weight is 503 g/mol. The predicted molar refractivity (Wildman–Crippen MR) is 140 cm³/mol. The maximum Gasteiger partial charge on any atom is 0.238 e.